The van der Waals surface area contributed by atoms with Crippen molar-refractivity contribution in [3.05, 3.63) is 71.0 Å². The molecule has 2 aliphatic rings. The molecule has 69 heavy (non-hydrogen) atoms. The molecule has 2 aromatic heterocycles. The lowest BCUT2D eigenvalue weighted by molar-refractivity contribution is -0.139. The maximum absolute atomic E-state index is 14.0. The zero-order chi connectivity index (χ0) is 51.9. The number of primary sulfonamides is 2. The van der Waals surface area contributed by atoms with Crippen molar-refractivity contribution in [3.63, 3.8) is 0 Å². The third-order valence-electron chi connectivity index (χ3n) is 12.2. The molecular weight excluding hydrogens is 988 g/mol. The van der Waals surface area contributed by atoms with Crippen LogP contribution in [-0.4, -0.2) is 53.9 Å². The highest BCUT2D eigenvalue weighted by atomic mass is 32.2. The highest BCUT2D eigenvalue weighted by molar-refractivity contribution is 7.90. The Hall–Kier alpha value is -3.71. The van der Waals surface area contributed by atoms with E-state index in [0.29, 0.717) is 41.7 Å². The van der Waals surface area contributed by atoms with Crippen molar-refractivity contribution in [3.8, 4) is 22.5 Å². The molecule has 4 aromatic rings. The first kappa shape index (κ1) is 56.2. The van der Waals surface area contributed by atoms with E-state index in [4.69, 9.17) is 10.3 Å². The van der Waals surface area contributed by atoms with Crippen LogP contribution < -0.4 is 19.7 Å². The number of halogens is 5. The Morgan fingerprint density at radius 3 is 1.28 bits per heavy atom. The molecule has 2 saturated carbocycles. The Morgan fingerprint density at radius 1 is 0.565 bits per heavy atom. The Morgan fingerprint density at radius 2 is 0.928 bits per heavy atom. The van der Waals surface area contributed by atoms with E-state index >= 15 is 0 Å². The van der Waals surface area contributed by atoms with Crippen LogP contribution in [0.25, 0.3) is 22.5 Å². The van der Waals surface area contributed by atoms with Crippen LogP contribution in [0.4, 0.5) is 22.0 Å². The summed E-state index contributed by atoms with van der Waals surface area (Å²) in [5.41, 5.74) is -2.01. The molecule has 14 nitrogen and oxygen atoms in total. The summed E-state index contributed by atoms with van der Waals surface area (Å²) in [6.45, 7) is 13.6. The molecule has 2 aromatic carbocycles. The second-order valence-corrected chi connectivity index (χ2v) is 26.6. The topological polar surface area (TPSA) is 223 Å². The van der Waals surface area contributed by atoms with E-state index in [0.717, 1.165) is 88.5 Å². The van der Waals surface area contributed by atoms with Crippen LogP contribution in [0.15, 0.2) is 68.1 Å². The number of alkyl halides is 5. The van der Waals surface area contributed by atoms with Crippen LogP contribution in [0.5, 0.6) is 0 Å². The van der Waals surface area contributed by atoms with Crippen LogP contribution in [0.1, 0.15) is 135 Å². The SMILES string of the molecule is Cc1c(S(N)(=O)=O)cc(-c2ccc(S(=O)(=O)NC(C)(C)C)c(C(F)(F)F)c2)n1CC1CCCCC1.Cc1c(S(N)(=O)=O)cc(-c2ccc(S(=O)(=O)NC(C)(C)C)c(C(F)F)c2)n1CC1CCCCC1. The molecule has 0 atom stereocenters. The van der Waals surface area contributed by atoms with E-state index in [1.165, 1.54) is 45.0 Å². The zero-order valence-corrected chi connectivity index (χ0v) is 43.4. The standard InChI is InChI=1S/C23H32F3N3O4S2.C23H33F2N3O4S2/c1-15-21(34(27,30)31)13-19(29(15)14-16-8-6-5-7-9-16)17-10-11-20(18(12-17)23(24,25)26)35(32,33)28-22(2,3)4;1-15-21(33(26,29)30)13-19(28(15)14-16-8-6-5-7-9-16)17-10-11-20(18(12-17)22(24)25)34(31,32)27-23(2,3)4/h10-13,16,28H,5-9,14H2,1-4H3,(H2,27,30,31);10-13,16,22,27H,5-9,14H2,1-4H3,(H2,26,29,30). The van der Waals surface area contributed by atoms with E-state index in [-0.39, 0.29) is 27.0 Å². The molecule has 0 amide bonds. The van der Waals surface area contributed by atoms with Gasteiger partial charge in [0, 0.05) is 52.5 Å². The first-order valence-corrected chi connectivity index (χ1v) is 28.7. The van der Waals surface area contributed by atoms with Crippen molar-refractivity contribution in [2.75, 3.05) is 0 Å². The molecule has 23 heteroatoms. The van der Waals surface area contributed by atoms with Crippen LogP contribution in [0.2, 0.25) is 0 Å². The van der Waals surface area contributed by atoms with Gasteiger partial charge in [-0.2, -0.15) is 13.2 Å². The number of benzene rings is 2. The molecule has 0 aliphatic heterocycles. The molecule has 0 radical (unpaired) electrons. The van der Waals surface area contributed by atoms with Gasteiger partial charge in [0.2, 0.25) is 40.1 Å². The molecule has 0 unspecified atom stereocenters. The van der Waals surface area contributed by atoms with E-state index in [2.05, 4.69) is 9.44 Å². The molecule has 0 saturated heterocycles. The summed E-state index contributed by atoms with van der Waals surface area (Å²) in [4.78, 5) is -1.63. The molecule has 0 bridgehead atoms. The second-order valence-electron chi connectivity index (χ2n) is 20.3. The lowest BCUT2D eigenvalue weighted by Crippen LogP contribution is -2.41. The fourth-order valence-electron chi connectivity index (χ4n) is 9.21. The van der Waals surface area contributed by atoms with Crippen molar-refractivity contribution in [1.29, 1.82) is 0 Å². The van der Waals surface area contributed by atoms with Gasteiger partial charge in [-0.3, -0.25) is 0 Å². The summed E-state index contributed by atoms with van der Waals surface area (Å²) in [5.74, 6) is 0.580. The number of nitrogens with two attached hydrogens (primary N) is 2. The number of rotatable bonds is 13. The minimum absolute atomic E-state index is 0.0563. The fourth-order valence-corrected chi connectivity index (χ4v) is 14.1. The third kappa shape index (κ3) is 14.3. The normalized spacial score (nSPS) is 16.5. The lowest BCUT2D eigenvalue weighted by Gasteiger charge is -2.25. The fraction of sp³-hybridized carbons (Fsp3) is 0.565. The molecule has 2 fully saturated rings. The van der Waals surface area contributed by atoms with E-state index in [9.17, 15) is 55.6 Å². The van der Waals surface area contributed by atoms with Crippen LogP contribution in [-0.2, 0) is 59.4 Å². The quantitative estimate of drug-likeness (QED) is 0.0942. The molecular formula is C46H65F5N6O8S4. The Labute approximate surface area is 404 Å². The van der Waals surface area contributed by atoms with Gasteiger partial charge in [0.15, 0.2) is 0 Å². The molecule has 2 heterocycles. The first-order chi connectivity index (χ1) is 31.5. The Kier molecular flexibility index (Phi) is 16.9. The number of aromatic nitrogens is 2. The average molecular weight is 1050 g/mol. The van der Waals surface area contributed by atoms with Gasteiger partial charge >= 0.3 is 6.18 Å². The molecule has 2 aliphatic carbocycles. The van der Waals surface area contributed by atoms with E-state index in [1.807, 2.05) is 4.57 Å². The monoisotopic (exact) mass is 1050 g/mol. The van der Waals surface area contributed by atoms with Crippen molar-refractivity contribution in [2.45, 2.75) is 176 Å². The number of hydrogen-bond acceptors (Lipinski definition) is 8. The Balaban J connectivity index is 0.000000258. The minimum atomic E-state index is -4.96. The summed E-state index contributed by atoms with van der Waals surface area (Å²) in [6, 6.07) is 9.31. The number of nitrogens with one attached hydrogen (secondary N) is 2. The second kappa shape index (κ2) is 20.8. The van der Waals surface area contributed by atoms with Crippen molar-refractivity contribution in [1.82, 2.24) is 18.6 Å². The maximum atomic E-state index is 14.0. The van der Waals surface area contributed by atoms with Gasteiger partial charge in [-0.25, -0.2) is 62.2 Å². The van der Waals surface area contributed by atoms with E-state index < -0.39 is 84.7 Å². The summed E-state index contributed by atoms with van der Waals surface area (Å²) in [7, 11) is -16.8. The van der Waals surface area contributed by atoms with Gasteiger partial charge in [0.1, 0.15) is 9.79 Å². The molecule has 6 N–H and O–H groups in total. The highest BCUT2D eigenvalue weighted by Gasteiger charge is 2.39. The van der Waals surface area contributed by atoms with Crippen LogP contribution in [0.3, 0.4) is 0 Å². The van der Waals surface area contributed by atoms with Gasteiger partial charge in [0.05, 0.1) is 15.4 Å². The summed E-state index contributed by atoms with van der Waals surface area (Å²) in [6.07, 6.45) is 2.38. The molecule has 386 valence electrons. The summed E-state index contributed by atoms with van der Waals surface area (Å²) >= 11 is 0. The summed E-state index contributed by atoms with van der Waals surface area (Å²) < 4.78 is 178. The van der Waals surface area contributed by atoms with Gasteiger partial charge in [-0.1, -0.05) is 50.7 Å². The van der Waals surface area contributed by atoms with Gasteiger partial charge in [-0.15, -0.1) is 0 Å². The Bertz CT molecular complexity index is 2960. The van der Waals surface area contributed by atoms with Crippen molar-refractivity contribution in [2.24, 2.45) is 22.1 Å². The predicted molar refractivity (Wildman–Crippen MR) is 255 cm³/mol. The van der Waals surface area contributed by atoms with Gasteiger partial charge in [-0.05, 0) is 140 Å². The average Bonchev–Trinajstić information content (AvgIpc) is 3.72. The lowest BCUT2D eigenvalue weighted by atomic mass is 9.89. The zero-order valence-electron chi connectivity index (χ0n) is 40.2. The number of nitrogens with zero attached hydrogens (tertiary/aromatic N) is 2. The van der Waals surface area contributed by atoms with Gasteiger partial charge < -0.3 is 9.13 Å². The van der Waals surface area contributed by atoms with Crippen molar-refractivity contribution >= 4 is 40.1 Å². The highest BCUT2D eigenvalue weighted by Crippen LogP contribution is 2.40. The molecule has 6 rings (SSSR count). The van der Waals surface area contributed by atoms with Crippen LogP contribution >= 0.6 is 0 Å². The molecule has 0 spiro atoms. The predicted octanol–water partition coefficient (Wildman–Crippen LogP) is 9.49. The largest absolute Gasteiger partial charge is 0.417 e. The number of sulfonamides is 4. The third-order valence-corrected chi connectivity index (χ3v) is 17.9. The maximum Gasteiger partial charge on any atom is 0.417 e. The number of hydrogen-bond donors (Lipinski definition) is 4. The first-order valence-electron chi connectivity index (χ1n) is 22.7. The van der Waals surface area contributed by atoms with Crippen LogP contribution in [0, 0.1) is 25.7 Å². The van der Waals surface area contributed by atoms with Crippen molar-refractivity contribution < 1.29 is 55.6 Å². The smallest absolute Gasteiger partial charge is 0.343 e. The summed E-state index contributed by atoms with van der Waals surface area (Å²) in [5, 5.41) is 10.8. The minimum Gasteiger partial charge on any atom is -0.343 e. The van der Waals surface area contributed by atoms with Gasteiger partial charge in [0.25, 0.3) is 6.43 Å². The van der Waals surface area contributed by atoms with E-state index in [1.54, 1.807) is 39.2 Å².